The van der Waals surface area contributed by atoms with E-state index < -0.39 is 17.9 Å². The molecular weight excluding hydrogens is 446 g/mol. The van der Waals surface area contributed by atoms with Gasteiger partial charge in [-0.3, -0.25) is 19.8 Å². The molecule has 2 aromatic rings. The van der Waals surface area contributed by atoms with Gasteiger partial charge in [-0.2, -0.15) is 0 Å². The highest BCUT2D eigenvalue weighted by Crippen LogP contribution is 2.32. The molecule has 0 atom stereocenters. The summed E-state index contributed by atoms with van der Waals surface area (Å²) >= 11 is 0. The van der Waals surface area contributed by atoms with E-state index in [-0.39, 0.29) is 19.6 Å². The smallest absolute Gasteiger partial charge is 0.325 e. The zero-order valence-electron chi connectivity index (χ0n) is 19.2. The molecule has 182 valence electrons. The van der Waals surface area contributed by atoms with Crippen molar-refractivity contribution in [2.45, 2.75) is 6.54 Å². The SMILES string of the molecule is COC(=O)CN(CC(=O)NC(=O)Nc1ccc2c(c1)OCCO2)Cc1cc(OC)cc(OC)c1. The molecule has 0 saturated heterocycles. The highest BCUT2D eigenvalue weighted by atomic mass is 16.6. The van der Waals surface area contributed by atoms with Gasteiger partial charge in [-0.1, -0.05) is 0 Å². The normalized spacial score (nSPS) is 12.0. The number of hydrogen-bond acceptors (Lipinski definition) is 9. The molecule has 0 saturated carbocycles. The Morgan fingerprint density at radius 2 is 1.59 bits per heavy atom. The first kappa shape index (κ1) is 24.6. The van der Waals surface area contributed by atoms with E-state index in [0.29, 0.717) is 41.9 Å². The first-order valence-corrected chi connectivity index (χ1v) is 10.4. The lowest BCUT2D eigenvalue weighted by Gasteiger charge is -2.21. The molecule has 3 rings (SSSR count). The van der Waals surface area contributed by atoms with Gasteiger partial charge in [0.15, 0.2) is 11.5 Å². The second-order valence-corrected chi connectivity index (χ2v) is 7.30. The van der Waals surface area contributed by atoms with Gasteiger partial charge in [-0.25, -0.2) is 4.79 Å². The van der Waals surface area contributed by atoms with E-state index in [4.69, 9.17) is 23.7 Å². The molecule has 1 heterocycles. The van der Waals surface area contributed by atoms with Gasteiger partial charge in [0.25, 0.3) is 0 Å². The van der Waals surface area contributed by atoms with Gasteiger partial charge >= 0.3 is 12.0 Å². The average Bonchev–Trinajstić information content (AvgIpc) is 2.83. The highest BCUT2D eigenvalue weighted by Gasteiger charge is 2.19. The second-order valence-electron chi connectivity index (χ2n) is 7.30. The van der Waals surface area contributed by atoms with Gasteiger partial charge in [0.2, 0.25) is 5.91 Å². The van der Waals surface area contributed by atoms with Crippen molar-refractivity contribution < 1.29 is 38.1 Å². The van der Waals surface area contributed by atoms with Crippen LogP contribution in [-0.2, 0) is 20.9 Å². The number of fused-ring (bicyclic) bond motifs is 1. The van der Waals surface area contributed by atoms with Gasteiger partial charge in [-0.05, 0) is 29.8 Å². The number of urea groups is 1. The van der Waals surface area contributed by atoms with Crippen molar-refractivity contribution in [3.63, 3.8) is 0 Å². The summed E-state index contributed by atoms with van der Waals surface area (Å²) in [6.45, 7) is 0.686. The molecule has 0 aliphatic carbocycles. The number of methoxy groups -OCH3 is 3. The van der Waals surface area contributed by atoms with Crippen LogP contribution in [0, 0.1) is 0 Å². The molecule has 2 aromatic carbocycles. The molecular formula is C23H27N3O8. The molecule has 1 aliphatic rings. The maximum Gasteiger partial charge on any atom is 0.325 e. The number of imide groups is 1. The molecule has 0 aromatic heterocycles. The quantitative estimate of drug-likeness (QED) is 0.525. The number of rotatable bonds is 9. The standard InChI is InChI=1S/C23H27N3O8/c1-30-17-8-15(9-18(11-17)31-2)12-26(14-22(28)32-3)13-21(27)25-23(29)24-16-4-5-19-20(10-16)34-7-6-33-19/h4-5,8-11H,6-7,12-14H2,1-3H3,(H2,24,25,27,29). The number of esters is 1. The Kier molecular flexibility index (Phi) is 8.52. The van der Waals surface area contributed by atoms with Crippen molar-refractivity contribution in [2.24, 2.45) is 0 Å². The second kappa shape index (κ2) is 11.8. The Morgan fingerprint density at radius 3 is 2.24 bits per heavy atom. The average molecular weight is 473 g/mol. The summed E-state index contributed by atoms with van der Waals surface area (Å²) in [5, 5.41) is 4.84. The van der Waals surface area contributed by atoms with Crippen LogP contribution in [0.15, 0.2) is 36.4 Å². The first-order chi connectivity index (χ1) is 16.4. The van der Waals surface area contributed by atoms with Crippen molar-refractivity contribution in [3.8, 4) is 23.0 Å². The molecule has 34 heavy (non-hydrogen) atoms. The third-order valence-electron chi connectivity index (χ3n) is 4.82. The number of hydrogen-bond donors (Lipinski definition) is 2. The van der Waals surface area contributed by atoms with Crippen molar-refractivity contribution in [1.82, 2.24) is 10.2 Å². The zero-order chi connectivity index (χ0) is 24.5. The van der Waals surface area contributed by atoms with Crippen LogP contribution < -0.4 is 29.6 Å². The van der Waals surface area contributed by atoms with E-state index in [9.17, 15) is 14.4 Å². The van der Waals surface area contributed by atoms with Gasteiger partial charge < -0.3 is 29.0 Å². The molecule has 3 amide bonds. The molecule has 0 spiro atoms. The van der Waals surface area contributed by atoms with E-state index >= 15 is 0 Å². The molecule has 11 heteroatoms. The molecule has 2 N–H and O–H groups in total. The first-order valence-electron chi connectivity index (χ1n) is 10.4. The number of anilines is 1. The van der Waals surface area contributed by atoms with Crippen LogP contribution in [0.1, 0.15) is 5.56 Å². The Bertz CT molecular complexity index is 1020. The Labute approximate surface area is 196 Å². The third-order valence-corrected chi connectivity index (χ3v) is 4.82. The lowest BCUT2D eigenvalue weighted by atomic mass is 10.2. The Balaban J connectivity index is 1.62. The summed E-state index contributed by atoms with van der Waals surface area (Å²) in [6.07, 6.45) is 0. The van der Waals surface area contributed by atoms with Crippen LogP contribution in [0.2, 0.25) is 0 Å². The minimum Gasteiger partial charge on any atom is -0.497 e. The number of nitrogens with zero attached hydrogens (tertiary/aromatic N) is 1. The highest BCUT2D eigenvalue weighted by molar-refractivity contribution is 6.02. The molecule has 1 aliphatic heterocycles. The number of carbonyl (C=O) groups excluding carboxylic acids is 3. The summed E-state index contributed by atoms with van der Waals surface area (Å²) in [7, 11) is 4.31. The molecule has 0 fully saturated rings. The van der Waals surface area contributed by atoms with Gasteiger partial charge in [-0.15, -0.1) is 0 Å². The van der Waals surface area contributed by atoms with Crippen molar-refractivity contribution in [3.05, 3.63) is 42.0 Å². The number of ether oxygens (including phenoxy) is 5. The fraction of sp³-hybridized carbons (Fsp3) is 0.348. The minimum atomic E-state index is -0.720. The van der Waals surface area contributed by atoms with E-state index in [1.54, 1.807) is 36.4 Å². The van der Waals surface area contributed by atoms with E-state index in [0.717, 1.165) is 5.56 Å². The zero-order valence-corrected chi connectivity index (χ0v) is 19.2. The third kappa shape index (κ3) is 7.01. The van der Waals surface area contributed by atoms with Crippen molar-refractivity contribution in [1.29, 1.82) is 0 Å². The number of amides is 3. The van der Waals surface area contributed by atoms with Crippen molar-refractivity contribution in [2.75, 3.05) is 52.9 Å². The van der Waals surface area contributed by atoms with Crippen LogP contribution in [-0.4, -0.2) is 70.4 Å². The van der Waals surface area contributed by atoms with E-state index in [2.05, 4.69) is 10.6 Å². The predicted octanol–water partition coefficient (Wildman–Crippen LogP) is 1.80. The summed E-state index contributed by atoms with van der Waals surface area (Å²) in [5.41, 5.74) is 1.18. The lowest BCUT2D eigenvalue weighted by molar-refractivity contribution is -0.142. The fourth-order valence-corrected chi connectivity index (χ4v) is 3.28. The maximum atomic E-state index is 12.5. The Morgan fingerprint density at radius 1 is 0.912 bits per heavy atom. The monoisotopic (exact) mass is 473 g/mol. The molecule has 0 unspecified atom stereocenters. The van der Waals surface area contributed by atoms with Crippen LogP contribution in [0.4, 0.5) is 10.5 Å². The van der Waals surface area contributed by atoms with E-state index in [1.165, 1.54) is 26.2 Å². The topological polar surface area (TPSA) is 125 Å². The maximum absolute atomic E-state index is 12.5. The fourth-order valence-electron chi connectivity index (χ4n) is 3.28. The molecule has 11 nitrogen and oxygen atoms in total. The number of nitrogens with one attached hydrogen (secondary N) is 2. The van der Waals surface area contributed by atoms with Crippen molar-refractivity contribution >= 4 is 23.6 Å². The van der Waals surface area contributed by atoms with Crippen LogP contribution >= 0.6 is 0 Å². The largest absolute Gasteiger partial charge is 0.497 e. The van der Waals surface area contributed by atoms with Gasteiger partial charge in [0.1, 0.15) is 24.7 Å². The van der Waals surface area contributed by atoms with E-state index in [1.807, 2.05) is 0 Å². The van der Waals surface area contributed by atoms with Crippen LogP contribution in [0.3, 0.4) is 0 Å². The predicted molar refractivity (Wildman–Crippen MR) is 121 cm³/mol. The molecule has 0 bridgehead atoms. The number of benzene rings is 2. The minimum absolute atomic E-state index is 0.159. The van der Waals surface area contributed by atoms with Crippen LogP contribution in [0.25, 0.3) is 0 Å². The number of carbonyl (C=O) groups is 3. The lowest BCUT2D eigenvalue weighted by Crippen LogP contribution is -2.43. The van der Waals surface area contributed by atoms with Gasteiger partial charge in [0.05, 0.1) is 34.4 Å². The van der Waals surface area contributed by atoms with Gasteiger partial charge in [0, 0.05) is 24.4 Å². The van der Waals surface area contributed by atoms with Crippen LogP contribution in [0.5, 0.6) is 23.0 Å². The summed E-state index contributed by atoms with van der Waals surface area (Å²) < 4.78 is 26.2. The molecule has 0 radical (unpaired) electrons. The summed E-state index contributed by atoms with van der Waals surface area (Å²) in [6, 6.07) is 9.44. The summed E-state index contributed by atoms with van der Waals surface area (Å²) in [5.74, 6) is 1.10. The Hall–Kier alpha value is -3.99. The summed E-state index contributed by atoms with van der Waals surface area (Å²) in [4.78, 5) is 38.3.